The highest BCUT2D eigenvalue weighted by Gasteiger charge is 2.23. The maximum absolute atomic E-state index is 2.50. The molecular formula is C64H52N2. The van der Waals surface area contributed by atoms with Crippen molar-refractivity contribution in [1.29, 1.82) is 0 Å². The number of hydrogen-bond donors (Lipinski definition) is 0. The Labute approximate surface area is 389 Å². The summed E-state index contributed by atoms with van der Waals surface area (Å²) in [7, 11) is 0. The zero-order valence-corrected chi connectivity index (χ0v) is 37.3. The largest absolute Gasteiger partial charge is 0.311 e. The highest BCUT2D eigenvalue weighted by molar-refractivity contribution is 6.21. The molecule has 0 saturated carbocycles. The number of aryl methyl sites for hydroxylation is 2. The zero-order valence-electron chi connectivity index (χ0n) is 37.3. The molecule has 0 bridgehead atoms. The summed E-state index contributed by atoms with van der Waals surface area (Å²) in [5, 5.41) is 5.26. The Morgan fingerprint density at radius 3 is 1.18 bits per heavy atom. The highest BCUT2D eigenvalue weighted by Crippen LogP contribution is 2.47. The lowest BCUT2D eigenvalue weighted by molar-refractivity contribution is 0.686. The van der Waals surface area contributed by atoms with E-state index in [4.69, 9.17) is 0 Å². The number of rotatable bonds is 9. The maximum Gasteiger partial charge on any atom is 0.0496 e. The van der Waals surface area contributed by atoms with E-state index >= 15 is 0 Å². The van der Waals surface area contributed by atoms with Gasteiger partial charge in [0.25, 0.3) is 0 Å². The van der Waals surface area contributed by atoms with Crippen LogP contribution in [0.4, 0.5) is 34.1 Å². The van der Waals surface area contributed by atoms with Crippen molar-refractivity contribution in [2.45, 2.75) is 51.4 Å². The summed E-state index contributed by atoms with van der Waals surface area (Å²) < 4.78 is 0. The molecule has 12 rings (SSSR count). The van der Waals surface area contributed by atoms with Gasteiger partial charge in [0.1, 0.15) is 0 Å². The van der Waals surface area contributed by atoms with Crippen LogP contribution in [-0.4, -0.2) is 0 Å². The van der Waals surface area contributed by atoms with E-state index in [1.165, 1.54) is 109 Å². The van der Waals surface area contributed by atoms with Gasteiger partial charge in [0.15, 0.2) is 0 Å². The van der Waals surface area contributed by atoms with E-state index in [9.17, 15) is 0 Å². The van der Waals surface area contributed by atoms with E-state index in [-0.39, 0.29) is 0 Å². The monoisotopic (exact) mass is 848 g/mol. The first-order valence-electron chi connectivity index (χ1n) is 23.9. The predicted octanol–water partition coefficient (Wildman–Crippen LogP) is 17.7. The number of benzene rings is 10. The first-order valence-corrected chi connectivity index (χ1v) is 23.9. The van der Waals surface area contributed by atoms with Crippen LogP contribution in [0.3, 0.4) is 0 Å². The van der Waals surface area contributed by atoms with Gasteiger partial charge in [-0.25, -0.2) is 0 Å². The molecule has 2 aliphatic rings. The lowest BCUT2D eigenvalue weighted by atomic mass is 9.81. The fourth-order valence-corrected chi connectivity index (χ4v) is 11.1. The fraction of sp³-hybridized carbons (Fsp3) is 0.125. The van der Waals surface area contributed by atoms with E-state index < -0.39 is 0 Å². The van der Waals surface area contributed by atoms with Crippen molar-refractivity contribution in [3.8, 4) is 33.4 Å². The summed E-state index contributed by atoms with van der Waals surface area (Å²) in [6.07, 6.45) is 9.57. The minimum atomic E-state index is 1.10. The third-order valence-electron chi connectivity index (χ3n) is 14.2. The van der Waals surface area contributed by atoms with Gasteiger partial charge < -0.3 is 9.80 Å². The number of fused-ring (bicyclic) bond motifs is 4. The van der Waals surface area contributed by atoms with E-state index in [0.29, 0.717) is 0 Å². The lowest BCUT2D eigenvalue weighted by Gasteiger charge is -2.30. The average molecular weight is 849 g/mol. The molecule has 2 nitrogen and oxygen atoms in total. The molecule has 10 aromatic carbocycles. The van der Waals surface area contributed by atoms with Crippen LogP contribution < -0.4 is 9.80 Å². The standard InChI is InChI=1S/C64H52N2/c1-3-21-50(22-4-1)65(51-23-5-2-6-24-51)52-39-33-45(34-40-52)46-35-41-53(42-36-46)66(62-32-16-20-48-18-8-10-26-56(48)62)54-43-37-49(38-44-54)63-58-27-11-13-29-60(58)64(61-30-14-12-28-59(61)63)57-31-15-19-47-17-7-9-25-55(47)57/h1-6,11-16,19-24,27-44H,7-10,17-18,25-26H2. The molecule has 66 heavy (non-hydrogen) atoms. The van der Waals surface area contributed by atoms with E-state index in [1.54, 1.807) is 5.56 Å². The van der Waals surface area contributed by atoms with Crippen LogP contribution in [0.1, 0.15) is 47.9 Å². The van der Waals surface area contributed by atoms with Gasteiger partial charge in [-0.15, -0.1) is 0 Å². The molecule has 0 fully saturated rings. The zero-order chi connectivity index (χ0) is 43.8. The highest BCUT2D eigenvalue weighted by atomic mass is 15.1. The molecule has 0 aliphatic heterocycles. The van der Waals surface area contributed by atoms with Gasteiger partial charge in [-0.05, 0) is 195 Å². The molecule has 0 atom stereocenters. The molecular weight excluding hydrogens is 797 g/mol. The topological polar surface area (TPSA) is 6.48 Å². The SMILES string of the molecule is c1ccc(N(c2ccccc2)c2ccc(-c3ccc(N(c4ccc(-c5c6ccccc6c(-c6cccc7c6CCCC7)c6ccccc56)cc4)c4cccc5c4CCCC5)cc3)cc2)cc1. The second kappa shape index (κ2) is 17.4. The van der Waals surface area contributed by atoms with Crippen molar-refractivity contribution >= 4 is 55.7 Å². The van der Waals surface area contributed by atoms with Crippen LogP contribution in [0.25, 0.3) is 54.9 Å². The summed E-state index contributed by atoms with van der Waals surface area (Å²) in [6.45, 7) is 0. The Bertz CT molecular complexity index is 3240. The number of para-hydroxylation sites is 2. The first-order chi connectivity index (χ1) is 32.8. The summed E-state index contributed by atoms with van der Waals surface area (Å²) in [5.74, 6) is 0. The van der Waals surface area contributed by atoms with Crippen LogP contribution in [-0.2, 0) is 25.7 Å². The Kier molecular flexibility index (Phi) is 10.5. The third kappa shape index (κ3) is 7.24. The maximum atomic E-state index is 2.50. The van der Waals surface area contributed by atoms with E-state index in [2.05, 4.69) is 228 Å². The second-order valence-corrected chi connectivity index (χ2v) is 18.1. The summed E-state index contributed by atoms with van der Waals surface area (Å²) in [5.41, 5.74) is 20.7. The minimum absolute atomic E-state index is 1.10. The molecule has 318 valence electrons. The number of hydrogen-bond acceptors (Lipinski definition) is 2. The van der Waals surface area contributed by atoms with Crippen LogP contribution in [0, 0.1) is 0 Å². The number of nitrogens with zero attached hydrogens (tertiary/aromatic N) is 2. The normalized spacial score (nSPS) is 13.3. The molecule has 0 unspecified atom stereocenters. The summed E-state index contributed by atoms with van der Waals surface area (Å²) in [4.78, 5) is 4.81. The van der Waals surface area contributed by atoms with Crippen molar-refractivity contribution in [2.24, 2.45) is 0 Å². The van der Waals surface area contributed by atoms with Crippen molar-refractivity contribution in [1.82, 2.24) is 0 Å². The molecule has 0 amide bonds. The summed E-state index contributed by atoms with van der Waals surface area (Å²) >= 11 is 0. The van der Waals surface area contributed by atoms with Gasteiger partial charge in [0.2, 0.25) is 0 Å². The van der Waals surface area contributed by atoms with Crippen molar-refractivity contribution in [3.05, 3.63) is 241 Å². The van der Waals surface area contributed by atoms with Gasteiger partial charge in [0, 0.05) is 34.1 Å². The molecule has 10 aromatic rings. The summed E-state index contributed by atoms with van der Waals surface area (Å²) in [6, 6.07) is 81.0. The molecule has 2 heteroatoms. The van der Waals surface area contributed by atoms with Crippen LogP contribution in [0.15, 0.2) is 218 Å². The Balaban J connectivity index is 0.930. The molecule has 0 N–H and O–H groups in total. The second-order valence-electron chi connectivity index (χ2n) is 18.1. The molecule has 2 aliphatic carbocycles. The van der Waals surface area contributed by atoms with Crippen molar-refractivity contribution < 1.29 is 0 Å². The average Bonchev–Trinajstić information content (AvgIpc) is 3.39. The minimum Gasteiger partial charge on any atom is -0.311 e. The fourth-order valence-electron chi connectivity index (χ4n) is 11.1. The number of anilines is 6. The molecule has 0 aromatic heterocycles. The quantitative estimate of drug-likeness (QED) is 0.134. The van der Waals surface area contributed by atoms with Crippen molar-refractivity contribution in [2.75, 3.05) is 9.80 Å². The van der Waals surface area contributed by atoms with Crippen LogP contribution in [0.2, 0.25) is 0 Å². The smallest absolute Gasteiger partial charge is 0.0496 e. The Morgan fingerprint density at radius 2 is 0.652 bits per heavy atom. The van der Waals surface area contributed by atoms with Gasteiger partial charge >= 0.3 is 0 Å². The van der Waals surface area contributed by atoms with Crippen LogP contribution >= 0.6 is 0 Å². The van der Waals surface area contributed by atoms with E-state index in [1.807, 2.05) is 0 Å². The molecule has 0 radical (unpaired) electrons. The van der Waals surface area contributed by atoms with Gasteiger partial charge in [-0.2, -0.15) is 0 Å². The Morgan fingerprint density at radius 1 is 0.258 bits per heavy atom. The molecule has 0 heterocycles. The van der Waals surface area contributed by atoms with Crippen LogP contribution in [0.5, 0.6) is 0 Å². The molecule has 0 saturated heterocycles. The third-order valence-corrected chi connectivity index (χ3v) is 14.2. The first kappa shape index (κ1) is 39.9. The Hall–Kier alpha value is -7.68. The predicted molar refractivity (Wildman–Crippen MR) is 280 cm³/mol. The lowest BCUT2D eigenvalue weighted by Crippen LogP contribution is -2.15. The van der Waals surface area contributed by atoms with Gasteiger partial charge in [0.05, 0.1) is 0 Å². The van der Waals surface area contributed by atoms with Crippen molar-refractivity contribution in [3.63, 3.8) is 0 Å². The van der Waals surface area contributed by atoms with Gasteiger partial charge in [-0.3, -0.25) is 0 Å². The van der Waals surface area contributed by atoms with Gasteiger partial charge in [-0.1, -0.05) is 152 Å². The van der Waals surface area contributed by atoms with E-state index in [0.717, 1.165) is 47.7 Å². The molecule has 0 spiro atoms.